The van der Waals surface area contributed by atoms with E-state index in [2.05, 4.69) is 4.98 Å². The number of carbonyl (C=O) groups is 1. The minimum absolute atomic E-state index is 0.0826. The van der Waals surface area contributed by atoms with Gasteiger partial charge >= 0.3 is 0 Å². The lowest BCUT2D eigenvalue weighted by atomic mass is 9.99. The Balaban J connectivity index is 2.54. The molecule has 90 valence electrons. The van der Waals surface area contributed by atoms with Gasteiger partial charge in [0.25, 0.3) is 0 Å². The molecule has 2 aromatic heterocycles. The molecule has 4 heteroatoms. The molecule has 2 aromatic rings. The van der Waals surface area contributed by atoms with Crippen molar-refractivity contribution < 1.29 is 9.90 Å². The lowest BCUT2D eigenvalue weighted by Gasteiger charge is -2.17. The molecule has 0 unspecified atom stereocenters. The molecule has 0 radical (unpaired) electrons. The number of pyridine rings is 1. The minimum Gasteiger partial charge on any atom is -0.386 e. The van der Waals surface area contributed by atoms with Crippen molar-refractivity contribution in [1.82, 2.24) is 9.38 Å². The average molecular weight is 232 g/mol. The maximum atomic E-state index is 11.1. The second-order valence-electron chi connectivity index (χ2n) is 4.84. The van der Waals surface area contributed by atoms with Crippen molar-refractivity contribution in [3.63, 3.8) is 0 Å². The van der Waals surface area contributed by atoms with Gasteiger partial charge in [0.15, 0.2) is 0 Å². The molecule has 0 spiro atoms. The lowest BCUT2D eigenvalue weighted by Crippen LogP contribution is -2.15. The van der Waals surface area contributed by atoms with Crippen LogP contribution in [-0.2, 0) is 16.8 Å². The number of imidazole rings is 1. The quantitative estimate of drug-likeness (QED) is 0.876. The second-order valence-corrected chi connectivity index (χ2v) is 4.84. The van der Waals surface area contributed by atoms with Crippen LogP contribution < -0.4 is 0 Å². The number of ketones is 1. The molecule has 0 aliphatic heterocycles. The number of aromatic nitrogens is 2. The maximum absolute atomic E-state index is 11.1. The molecule has 1 N–H and O–H groups in total. The van der Waals surface area contributed by atoms with Crippen molar-refractivity contribution in [1.29, 1.82) is 0 Å². The van der Waals surface area contributed by atoms with Gasteiger partial charge in [-0.1, -0.05) is 0 Å². The fraction of sp³-hybridized carbons (Fsp3) is 0.385. The molecule has 0 aliphatic rings. The van der Waals surface area contributed by atoms with Crippen molar-refractivity contribution in [3.8, 4) is 0 Å². The first-order valence-electron chi connectivity index (χ1n) is 5.56. The molecule has 0 saturated heterocycles. The highest BCUT2D eigenvalue weighted by atomic mass is 16.3. The van der Waals surface area contributed by atoms with E-state index >= 15 is 0 Å². The van der Waals surface area contributed by atoms with Gasteiger partial charge in [0, 0.05) is 6.20 Å². The molecule has 0 bridgehead atoms. The Morgan fingerprint density at radius 1 is 1.53 bits per heavy atom. The predicted octanol–water partition coefficient (Wildman–Crippen LogP) is 1.69. The lowest BCUT2D eigenvalue weighted by molar-refractivity contribution is -0.116. The van der Waals surface area contributed by atoms with Crippen LogP contribution in [0.5, 0.6) is 0 Å². The first-order chi connectivity index (χ1) is 7.88. The summed E-state index contributed by atoms with van der Waals surface area (Å²) < 4.78 is 1.85. The number of rotatable bonds is 3. The van der Waals surface area contributed by atoms with E-state index in [1.54, 1.807) is 27.1 Å². The van der Waals surface area contributed by atoms with Gasteiger partial charge in [-0.25, -0.2) is 4.98 Å². The summed E-state index contributed by atoms with van der Waals surface area (Å²) in [6.07, 6.45) is 3.85. The van der Waals surface area contributed by atoms with E-state index in [4.69, 9.17) is 0 Å². The smallest absolute Gasteiger partial charge is 0.135 e. The number of hydrogen-bond donors (Lipinski definition) is 1. The molecule has 0 saturated carbocycles. The van der Waals surface area contributed by atoms with E-state index < -0.39 is 5.60 Å². The Bertz CT molecular complexity index is 564. The fourth-order valence-electron chi connectivity index (χ4n) is 1.79. The van der Waals surface area contributed by atoms with Gasteiger partial charge in [0.2, 0.25) is 0 Å². The molecule has 2 rings (SSSR count). The first kappa shape index (κ1) is 11.8. The molecule has 0 aromatic carbocycles. The van der Waals surface area contributed by atoms with Crippen LogP contribution in [0.15, 0.2) is 24.7 Å². The van der Waals surface area contributed by atoms with E-state index in [9.17, 15) is 9.90 Å². The molecule has 0 atom stereocenters. The van der Waals surface area contributed by atoms with Crippen LogP contribution in [0, 0.1) is 0 Å². The Morgan fingerprint density at radius 2 is 2.24 bits per heavy atom. The highest BCUT2D eigenvalue weighted by Gasteiger charge is 2.17. The summed E-state index contributed by atoms with van der Waals surface area (Å²) in [4.78, 5) is 15.4. The number of hydrogen-bond acceptors (Lipinski definition) is 3. The summed E-state index contributed by atoms with van der Waals surface area (Å²) in [6, 6.07) is 3.73. The maximum Gasteiger partial charge on any atom is 0.135 e. The zero-order valence-electron chi connectivity index (χ0n) is 10.3. The van der Waals surface area contributed by atoms with Gasteiger partial charge in [-0.2, -0.15) is 0 Å². The Kier molecular flexibility index (Phi) is 2.75. The Labute approximate surface area is 99.9 Å². The zero-order valence-corrected chi connectivity index (χ0v) is 10.3. The molecule has 4 nitrogen and oxygen atoms in total. The third-order valence-corrected chi connectivity index (χ3v) is 2.74. The van der Waals surface area contributed by atoms with Crippen LogP contribution in [0.3, 0.4) is 0 Å². The van der Waals surface area contributed by atoms with Gasteiger partial charge in [0.05, 0.1) is 29.6 Å². The van der Waals surface area contributed by atoms with Gasteiger partial charge < -0.3 is 9.51 Å². The second kappa shape index (κ2) is 3.96. The summed E-state index contributed by atoms with van der Waals surface area (Å²) in [5.74, 6) is 0.0826. The van der Waals surface area contributed by atoms with Gasteiger partial charge in [-0.15, -0.1) is 0 Å². The van der Waals surface area contributed by atoms with E-state index in [0.29, 0.717) is 6.42 Å². The number of nitrogens with zero attached hydrogens (tertiary/aromatic N) is 2. The third-order valence-electron chi connectivity index (χ3n) is 2.74. The van der Waals surface area contributed by atoms with E-state index in [0.717, 1.165) is 16.8 Å². The fourth-order valence-corrected chi connectivity index (χ4v) is 1.79. The summed E-state index contributed by atoms with van der Waals surface area (Å²) >= 11 is 0. The predicted molar refractivity (Wildman–Crippen MR) is 64.8 cm³/mol. The van der Waals surface area contributed by atoms with Crippen LogP contribution in [-0.4, -0.2) is 20.3 Å². The van der Waals surface area contributed by atoms with Gasteiger partial charge in [-0.3, -0.25) is 4.79 Å². The summed E-state index contributed by atoms with van der Waals surface area (Å²) in [5, 5.41) is 9.96. The molecular weight excluding hydrogens is 216 g/mol. The highest BCUT2D eigenvalue weighted by Crippen LogP contribution is 2.22. The monoisotopic (exact) mass is 232 g/mol. The number of fused-ring (bicyclic) bond motifs is 1. The van der Waals surface area contributed by atoms with Crippen molar-refractivity contribution in [2.24, 2.45) is 0 Å². The van der Waals surface area contributed by atoms with E-state index in [1.165, 1.54) is 0 Å². The average Bonchev–Trinajstić information content (AvgIpc) is 2.59. The minimum atomic E-state index is -0.889. The number of carbonyl (C=O) groups excluding carboxylic acids is 1. The molecule has 0 fully saturated rings. The number of aliphatic hydroxyl groups is 1. The molecular formula is C13H16N2O2. The van der Waals surface area contributed by atoms with Crippen LogP contribution in [0.2, 0.25) is 0 Å². The van der Waals surface area contributed by atoms with Crippen molar-refractivity contribution in [3.05, 3.63) is 35.9 Å². The Hall–Kier alpha value is -1.68. The van der Waals surface area contributed by atoms with Crippen molar-refractivity contribution in [2.75, 3.05) is 0 Å². The summed E-state index contributed by atoms with van der Waals surface area (Å²) in [6.45, 7) is 5.02. The van der Waals surface area contributed by atoms with Gasteiger partial charge in [-0.05, 0) is 38.5 Å². The molecule has 0 amide bonds. The normalized spacial score (nSPS) is 12.0. The SMILES string of the molecule is CC(=O)Cc1ncn2ccc(C(C)(C)O)cc12. The molecule has 17 heavy (non-hydrogen) atoms. The van der Waals surface area contributed by atoms with Crippen molar-refractivity contribution in [2.45, 2.75) is 32.8 Å². The summed E-state index contributed by atoms with van der Waals surface area (Å²) in [7, 11) is 0. The van der Waals surface area contributed by atoms with E-state index in [1.807, 2.05) is 22.7 Å². The van der Waals surface area contributed by atoms with Crippen LogP contribution in [0.1, 0.15) is 32.0 Å². The Morgan fingerprint density at radius 3 is 2.82 bits per heavy atom. The topological polar surface area (TPSA) is 54.6 Å². The standard InChI is InChI=1S/C13H16N2O2/c1-9(16)6-11-12-7-10(13(2,3)17)4-5-15(12)8-14-11/h4-5,7-8,17H,6H2,1-3H3. The summed E-state index contributed by atoms with van der Waals surface area (Å²) in [5.41, 5.74) is 1.55. The zero-order chi connectivity index (χ0) is 12.6. The largest absolute Gasteiger partial charge is 0.386 e. The van der Waals surface area contributed by atoms with Crippen LogP contribution in [0.25, 0.3) is 5.52 Å². The molecule has 2 heterocycles. The van der Waals surface area contributed by atoms with Crippen molar-refractivity contribution >= 4 is 11.3 Å². The van der Waals surface area contributed by atoms with Gasteiger partial charge in [0.1, 0.15) is 5.78 Å². The van der Waals surface area contributed by atoms with E-state index in [-0.39, 0.29) is 5.78 Å². The first-order valence-corrected chi connectivity index (χ1v) is 5.56. The van der Waals surface area contributed by atoms with Crippen LogP contribution >= 0.6 is 0 Å². The highest BCUT2D eigenvalue weighted by molar-refractivity contribution is 5.80. The number of Topliss-reactive ketones (excluding diaryl/α,β-unsaturated/α-hetero) is 1. The molecule has 0 aliphatic carbocycles. The van der Waals surface area contributed by atoms with Crippen LogP contribution in [0.4, 0.5) is 0 Å². The third kappa shape index (κ3) is 2.36.